The fourth-order valence-electron chi connectivity index (χ4n) is 0.264. The average molecular weight is 245 g/mol. The van der Waals surface area contributed by atoms with E-state index in [0.29, 0.717) is 0 Å². The van der Waals surface area contributed by atoms with E-state index in [9.17, 15) is 31.1 Å². The minimum absolute atomic E-state index is 0.267. The molecule has 0 aromatic heterocycles. The summed E-state index contributed by atoms with van der Waals surface area (Å²) in [6.07, 6.45) is -11.9. The molecule has 0 amide bonds. The van der Waals surface area contributed by atoms with Crippen molar-refractivity contribution in [3.05, 3.63) is 0 Å². The van der Waals surface area contributed by atoms with Crippen LogP contribution < -0.4 is 0 Å². The van der Waals surface area contributed by atoms with E-state index in [2.05, 4.69) is 16.3 Å². The summed E-state index contributed by atoms with van der Waals surface area (Å²) < 4.78 is 72.9. The van der Waals surface area contributed by atoms with Crippen molar-refractivity contribution in [2.45, 2.75) is 24.3 Å². The molecule has 0 spiro atoms. The predicted octanol–water partition coefficient (Wildman–Crippen LogP) is 2.61. The van der Waals surface area contributed by atoms with Gasteiger partial charge in [-0.05, 0) is 6.92 Å². The van der Waals surface area contributed by atoms with Gasteiger partial charge in [-0.1, -0.05) is 11.6 Å². The van der Waals surface area contributed by atoms with E-state index in [1.54, 1.807) is 0 Å². The Kier molecular flexibility index (Phi) is 3.32. The number of rotatable bonds is 2. The third kappa shape index (κ3) is 3.24. The van der Waals surface area contributed by atoms with Crippen molar-refractivity contribution < 1.29 is 35.9 Å². The Morgan fingerprint density at radius 3 is 1.71 bits per heavy atom. The largest absolute Gasteiger partial charge is 0.501 e. The quantitative estimate of drug-likeness (QED) is 0.424. The number of hydrogen-bond acceptors (Lipinski definition) is 2. The van der Waals surface area contributed by atoms with Crippen LogP contribution in [0.25, 0.3) is 0 Å². The first-order chi connectivity index (χ1) is 5.88. The van der Waals surface area contributed by atoms with Crippen LogP contribution in [0.4, 0.5) is 26.3 Å². The number of esters is 1. The van der Waals surface area contributed by atoms with Crippen LogP contribution >= 0.6 is 11.6 Å². The van der Waals surface area contributed by atoms with Gasteiger partial charge in [0.25, 0.3) is 5.13 Å². The summed E-state index contributed by atoms with van der Waals surface area (Å²) in [6.45, 7) is 0.267. The monoisotopic (exact) mass is 244 g/mol. The third-order valence-corrected chi connectivity index (χ3v) is 1.06. The van der Waals surface area contributed by atoms with Crippen molar-refractivity contribution >= 4 is 17.6 Å². The average Bonchev–Trinajstić information content (AvgIpc) is 1.80. The summed E-state index contributed by atoms with van der Waals surface area (Å²) in [5.74, 6) is -2.51. The Bertz CT molecular complexity index is 229. The van der Waals surface area contributed by atoms with Gasteiger partial charge in [0.15, 0.2) is 0 Å². The van der Waals surface area contributed by atoms with Gasteiger partial charge in [-0.3, -0.25) is 0 Å². The van der Waals surface area contributed by atoms with Crippen LogP contribution in [-0.2, 0) is 9.53 Å². The van der Waals surface area contributed by atoms with Crippen LogP contribution in [0.3, 0.4) is 0 Å². The van der Waals surface area contributed by atoms with Gasteiger partial charge >= 0.3 is 18.3 Å². The molecule has 0 saturated carbocycles. The Labute approximate surface area is 78.8 Å². The van der Waals surface area contributed by atoms with Crippen LogP contribution in [0, 0.1) is 0 Å². The second-order valence-electron chi connectivity index (χ2n) is 2.29. The highest BCUT2D eigenvalue weighted by atomic mass is 35.5. The van der Waals surface area contributed by atoms with E-state index in [0.717, 1.165) is 0 Å². The highest BCUT2D eigenvalue weighted by Crippen LogP contribution is 2.37. The Morgan fingerprint density at radius 1 is 1.14 bits per heavy atom. The van der Waals surface area contributed by atoms with Gasteiger partial charge in [-0.15, -0.1) is 0 Å². The van der Waals surface area contributed by atoms with E-state index in [4.69, 9.17) is 0 Å². The minimum atomic E-state index is -6.11. The van der Waals surface area contributed by atoms with Crippen LogP contribution in [0.1, 0.15) is 6.92 Å². The highest BCUT2D eigenvalue weighted by molar-refractivity contribution is 6.32. The lowest BCUT2D eigenvalue weighted by atomic mass is 10.4. The Balaban J connectivity index is 4.62. The topological polar surface area (TPSA) is 26.3 Å². The van der Waals surface area contributed by atoms with E-state index in [1.807, 2.05) is 0 Å². The first-order valence-electron chi connectivity index (χ1n) is 2.94. The number of ether oxygens (including phenoxy) is 1. The Morgan fingerprint density at radius 2 is 1.50 bits per heavy atom. The molecule has 2 nitrogen and oxygen atoms in total. The van der Waals surface area contributed by atoms with E-state index in [-0.39, 0.29) is 6.92 Å². The first kappa shape index (κ1) is 13.3. The zero-order chi connectivity index (χ0) is 11.8. The standard InChI is InChI=1S/C5H3ClF6O2/c1-3(6,7)2(13)14-5(11,12)4(8,9)10/h1H3. The maximum atomic E-state index is 12.3. The molecule has 1 unspecified atom stereocenters. The second-order valence-corrected chi connectivity index (χ2v) is 3.00. The molecular weight excluding hydrogens is 241 g/mol. The van der Waals surface area contributed by atoms with Gasteiger partial charge in [0.2, 0.25) is 0 Å². The molecule has 0 aliphatic rings. The molecule has 1 atom stereocenters. The second kappa shape index (κ2) is 3.48. The third-order valence-electron chi connectivity index (χ3n) is 0.909. The van der Waals surface area contributed by atoms with Crippen molar-refractivity contribution in [3.8, 4) is 0 Å². The maximum absolute atomic E-state index is 12.3. The van der Waals surface area contributed by atoms with Crippen molar-refractivity contribution in [2.75, 3.05) is 0 Å². The molecule has 0 fully saturated rings. The van der Waals surface area contributed by atoms with Crippen molar-refractivity contribution in [3.63, 3.8) is 0 Å². The van der Waals surface area contributed by atoms with Crippen LogP contribution in [0.15, 0.2) is 0 Å². The van der Waals surface area contributed by atoms with Crippen molar-refractivity contribution in [1.29, 1.82) is 0 Å². The van der Waals surface area contributed by atoms with Gasteiger partial charge < -0.3 is 4.74 Å². The molecule has 0 aromatic rings. The van der Waals surface area contributed by atoms with Gasteiger partial charge in [-0.2, -0.15) is 22.0 Å². The summed E-state index contributed by atoms with van der Waals surface area (Å²) >= 11 is 4.50. The van der Waals surface area contributed by atoms with E-state index >= 15 is 0 Å². The number of alkyl halides is 7. The zero-order valence-electron chi connectivity index (χ0n) is 6.46. The van der Waals surface area contributed by atoms with Crippen LogP contribution in [-0.4, -0.2) is 23.4 Å². The molecule has 0 saturated heterocycles. The summed E-state index contributed by atoms with van der Waals surface area (Å²) in [5.41, 5.74) is 0. The lowest BCUT2D eigenvalue weighted by molar-refractivity contribution is -0.377. The number of halogens is 7. The molecular formula is C5H3ClF6O2. The summed E-state index contributed by atoms with van der Waals surface area (Å²) in [6, 6.07) is 0. The maximum Gasteiger partial charge on any atom is 0.501 e. The fourth-order valence-corrected chi connectivity index (χ4v) is 0.302. The van der Waals surface area contributed by atoms with Gasteiger partial charge in [0, 0.05) is 0 Å². The van der Waals surface area contributed by atoms with Crippen molar-refractivity contribution in [1.82, 2.24) is 0 Å². The molecule has 0 rings (SSSR count). The number of hydrogen-bond donors (Lipinski definition) is 0. The van der Waals surface area contributed by atoms with Gasteiger partial charge in [0.1, 0.15) is 0 Å². The van der Waals surface area contributed by atoms with Crippen LogP contribution in [0.5, 0.6) is 0 Å². The number of carbonyl (C=O) groups is 1. The van der Waals surface area contributed by atoms with Gasteiger partial charge in [0.05, 0.1) is 0 Å². The van der Waals surface area contributed by atoms with Gasteiger partial charge in [-0.25, -0.2) is 9.18 Å². The smallest absolute Gasteiger partial charge is 0.391 e. The van der Waals surface area contributed by atoms with Crippen molar-refractivity contribution in [2.24, 2.45) is 0 Å². The molecule has 14 heavy (non-hydrogen) atoms. The normalized spacial score (nSPS) is 17.4. The highest BCUT2D eigenvalue weighted by Gasteiger charge is 2.63. The molecule has 84 valence electrons. The summed E-state index contributed by atoms with van der Waals surface area (Å²) in [7, 11) is 0. The Hall–Kier alpha value is -0.660. The lowest BCUT2D eigenvalue weighted by Crippen LogP contribution is -2.44. The number of carbonyl (C=O) groups excluding carboxylic acids is 1. The molecule has 0 N–H and O–H groups in total. The molecule has 9 heteroatoms. The van der Waals surface area contributed by atoms with E-state index in [1.165, 1.54) is 0 Å². The first-order valence-corrected chi connectivity index (χ1v) is 3.31. The molecule has 0 radical (unpaired) electrons. The zero-order valence-corrected chi connectivity index (χ0v) is 7.22. The minimum Gasteiger partial charge on any atom is -0.391 e. The molecule has 0 bridgehead atoms. The summed E-state index contributed by atoms with van der Waals surface area (Å²) in [4.78, 5) is 10.2. The van der Waals surface area contributed by atoms with Crippen LogP contribution in [0.2, 0.25) is 0 Å². The molecule has 0 heterocycles. The van der Waals surface area contributed by atoms with E-state index < -0.39 is 23.4 Å². The molecule has 0 aromatic carbocycles. The fraction of sp³-hybridized carbons (Fsp3) is 0.800. The summed E-state index contributed by atoms with van der Waals surface area (Å²) in [5, 5.41) is -3.44. The molecule has 0 aliphatic heterocycles. The lowest BCUT2D eigenvalue weighted by Gasteiger charge is -2.20. The predicted molar refractivity (Wildman–Crippen MR) is 32.5 cm³/mol. The SMILES string of the molecule is CC(F)(Cl)C(=O)OC(F)(F)C(F)(F)F. The molecule has 0 aliphatic carbocycles.